The normalized spacial score (nSPS) is 12.3. The summed E-state index contributed by atoms with van der Waals surface area (Å²) in [4.78, 5) is 0. The van der Waals surface area contributed by atoms with Gasteiger partial charge < -0.3 is 5.32 Å². The van der Waals surface area contributed by atoms with Gasteiger partial charge in [-0.3, -0.25) is 0 Å². The van der Waals surface area contributed by atoms with Gasteiger partial charge in [0.1, 0.15) is 9.84 Å². The zero-order valence-corrected chi connectivity index (χ0v) is 11.1. The maximum absolute atomic E-state index is 11.5. The Balaban J connectivity index is 3.49. The standard InChI is InChI=1S/C11H25NO2S/c1-4-5-9-15(13,14)10-7-6-8-12-11(2)3/h11-12H,4-10H2,1-3H3. The van der Waals surface area contributed by atoms with Gasteiger partial charge in [-0.05, 0) is 25.8 Å². The molecule has 0 aliphatic rings. The van der Waals surface area contributed by atoms with E-state index >= 15 is 0 Å². The van der Waals surface area contributed by atoms with E-state index in [0.717, 1.165) is 32.2 Å². The van der Waals surface area contributed by atoms with Gasteiger partial charge in [-0.1, -0.05) is 27.2 Å². The molecule has 3 nitrogen and oxygen atoms in total. The van der Waals surface area contributed by atoms with Crippen molar-refractivity contribution in [3.05, 3.63) is 0 Å². The van der Waals surface area contributed by atoms with Crippen molar-refractivity contribution in [2.75, 3.05) is 18.1 Å². The van der Waals surface area contributed by atoms with Crippen molar-refractivity contribution < 1.29 is 8.42 Å². The molecule has 0 aromatic rings. The summed E-state index contributed by atoms with van der Waals surface area (Å²) >= 11 is 0. The molecular weight excluding hydrogens is 210 g/mol. The third-order valence-electron chi connectivity index (χ3n) is 2.24. The maximum Gasteiger partial charge on any atom is 0.150 e. The van der Waals surface area contributed by atoms with Crippen molar-refractivity contribution in [2.45, 2.75) is 52.5 Å². The van der Waals surface area contributed by atoms with E-state index in [0.29, 0.717) is 17.5 Å². The lowest BCUT2D eigenvalue weighted by atomic mass is 10.3. The Bertz CT molecular complexity index is 235. The van der Waals surface area contributed by atoms with E-state index in [1.807, 2.05) is 6.92 Å². The number of nitrogens with one attached hydrogen (secondary N) is 1. The average molecular weight is 235 g/mol. The summed E-state index contributed by atoms with van der Waals surface area (Å²) in [6.07, 6.45) is 3.48. The highest BCUT2D eigenvalue weighted by Crippen LogP contribution is 2.01. The van der Waals surface area contributed by atoms with Crippen LogP contribution in [0.25, 0.3) is 0 Å². The molecule has 0 atom stereocenters. The summed E-state index contributed by atoms with van der Waals surface area (Å²) in [5.41, 5.74) is 0. The van der Waals surface area contributed by atoms with E-state index in [9.17, 15) is 8.42 Å². The van der Waals surface area contributed by atoms with Crippen molar-refractivity contribution >= 4 is 9.84 Å². The number of unbranched alkanes of at least 4 members (excludes halogenated alkanes) is 2. The molecule has 0 heterocycles. The fourth-order valence-corrected chi connectivity index (χ4v) is 2.88. The monoisotopic (exact) mass is 235 g/mol. The van der Waals surface area contributed by atoms with Crippen molar-refractivity contribution in [2.24, 2.45) is 0 Å². The SMILES string of the molecule is CCCCS(=O)(=O)CCCCNC(C)C. The van der Waals surface area contributed by atoms with Crippen LogP contribution in [0.4, 0.5) is 0 Å². The molecule has 15 heavy (non-hydrogen) atoms. The van der Waals surface area contributed by atoms with Crippen LogP contribution in [0, 0.1) is 0 Å². The Kier molecular flexibility index (Phi) is 8.06. The number of hydrogen-bond donors (Lipinski definition) is 1. The van der Waals surface area contributed by atoms with Gasteiger partial charge in [0.25, 0.3) is 0 Å². The molecule has 0 aliphatic heterocycles. The first kappa shape index (κ1) is 14.9. The summed E-state index contributed by atoms with van der Waals surface area (Å²) in [5.74, 6) is 0.716. The molecule has 0 aromatic heterocycles. The van der Waals surface area contributed by atoms with Gasteiger partial charge in [0.2, 0.25) is 0 Å². The molecule has 0 aliphatic carbocycles. The van der Waals surface area contributed by atoms with Crippen LogP contribution in [0.3, 0.4) is 0 Å². The Labute approximate surface area is 94.6 Å². The van der Waals surface area contributed by atoms with Crippen LogP contribution in [0.2, 0.25) is 0 Å². The molecule has 0 fully saturated rings. The van der Waals surface area contributed by atoms with Gasteiger partial charge >= 0.3 is 0 Å². The minimum atomic E-state index is -2.77. The molecule has 0 bridgehead atoms. The summed E-state index contributed by atoms with van der Waals surface area (Å²) in [6.45, 7) is 7.12. The number of rotatable bonds is 9. The van der Waals surface area contributed by atoms with Crippen molar-refractivity contribution in [3.8, 4) is 0 Å². The highest BCUT2D eigenvalue weighted by Gasteiger charge is 2.08. The molecule has 0 saturated carbocycles. The van der Waals surface area contributed by atoms with Crippen LogP contribution in [0.15, 0.2) is 0 Å². The van der Waals surface area contributed by atoms with Gasteiger partial charge in [-0.2, -0.15) is 0 Å². The highest BCUT2D eigenvalue weighted by molar-refractivity contribution is 7.91. The molecule has 4 heteroatoms. The van der Waals surface area contributed by atoms with Crippen LogP contribution in [0.1, 0.15) is 46.5 Å². The van der Waals surface area contributed by atoms with E-state index in [2.05, 4.69) is 19.2 Å². The van der Waals surface area contributed by atoms with Crippen molar-refractivity contribution in [1.29, 1.82) is 0 Å². The second kappa shape index (κ2) is 8.11. The molecular formula is C11H25NO2S. The third-order valence-corrected chi connectivity index (χ3v) is 4.06. The first-order valence-electron chi connectivity index (χ1n) is 5.91. The molecule has 0 unspecified atom stereocenters. The Hall–Kier alpha value is -0.0900. The Morgan fingerprint density at radius 3 is 2.20 bits per heavy atom. The Morgan fingerprint density at radius 1 is 1.07 bits per heavy atom. The zero-order valence-electron chi connectivity index (χ0n) is 10.3. The summed E-state index contributed by atoms with van der Waals surface area (Å²) in [6, 6.07) is 0.488. The molecule has 0 aromatic carbocycles. The minimum absolute atomic E-state index is 0.354. The third kappa shape index (κ3) is 10.2. The van der Waals surface area contributed by atoms with Crippen molar-refractivity contribution in [3.63, 3.8) is 0 Å². The molecule has 0 saturated heterocycles. The first-order chi connectivity index (χ1) is 6.98. The van der Waals surface area contributed by atoms with Crippen LogP contribution < -0.4 is 5.32 Å². The molecule has 0 amide bonds. The number of sulfone groups is 1. The van der Waals surface area contributed by atoms with Crippen LogP contribution in [0.5, 0.6) is 0 Å². The van der Waals surface area contributed by atoms with Gasteiger partial charge in [0.05, 0.1) is 11.5 Å². The Morgan fingerprint density at radius 2 is 1.67 bits per heavy atom. The summed E-state index contributed by atoms with van der Waals surface area (Å²) in [5, 5.41) is 3.28. The fourth-order valence-electron chi connectivity index (χ4n) is 1.30. The van der Waals surface area contributed by atoms with Gasteiger partial charge in [-0.25, -0.2) is 8.42 Å². The van der Waals surface area contributed by atoms with E-state index in [1.165, 1.54) is 0 Å². The topological polar surface area (TPSA) is 46.2 Å². The first-order valence-corrected chi connectivity index (χ1v) is 7.74. The van der Waals surface area contributed by atoms with Crippen LogP contribution in [-0.4, -0.2) is 32.5 Å². The van der Waals surface area contributed by atoms with E-state index in [1.54, 1.807) is 0 Å². The van der Waals surface area contributed by atoms with Crippen molar-refractivity contribution in [1.82, 2.24) is 5.32 Å². The summed E-state index contributed by atoms with van der Waals surface area (Å²) < 4.78 is 22.9. The molecule has 92 valence electrons. The lowest BCUT2D eigenvalue weighted by Gasteiger charge is -2.07. The largest absolute Gasteiger partial charge is 0.315 e. The van der Waals surface area contributed by atoms with Gasteiger partial charge in [0.15, 0.2) is 0 Å². The predicted octanol–water partition coefficient (Wildman–Crippen LogP) is 1.98. The van der Waals surface area contributed by atoms with E-state index < -0.39 is 9.84 Å². The van der Waals surface area contributed by atoms with E-state index in [-0.39, 0.29) is 0 Å². The zero-order chi connectivity index (χ0) is 11.7. The minimum Gasteiger partial charge on any atom is -0.315 e. The van der Waals surface area contributed by atoms with Crippen LogP contribution in [-0.2, 0) is 9.84 Å². The lowest BCUT2D eigenvalue weighted by molar-refractivity contribution is 0.559. The van der Waals surface area contributed by atoms with E-state index in [4.69, 9.17) is 0 Å². The second-order valence-corrected chi connectivity index (χ2v) is 6.62. The highest BCUT2D eigenvalue weighted by atomic mass is 32.2. The van der Waals surface area contributed by atoms with Gasteiger partial charge in [0, 0.05) is 6.04 Å². The quantitative estimate of drug-likeness (QED) is 0.622. The molecule has 0 rings (SSSR count). The maximum atomic E-state index is 11.5. The molecule has 0 spiro atoms. The van der Waals surface area contributed by atoms with Gasteiger partial charge in [-0.15, -0.1) is 0 Å². The average Bonchev–Trinajstić information content (AvgIpc) is 2.14. The smallest absolute Gasteiger partial charge is 0.150 e. The predicted molar refractivity (Wildman–Crippen MR) is 65.9 cm³/mol. The summed E-state index contributed by atoms with van der Waals surface area (Å²) in [7, 11) is -2.77. The molecule has 0 radical (unpaired) electrons. The van der Waals surface area contributed by atoms with Crippen LogP contribution >= 0.6 is 0 Å². The second-order valence-electron chi connectivity index (χ2n) is 4.32. The fraction of sp³-hybridized carbons (Fsp3) is 1.00. The number of hydrogen-bond acceptors (Lipinski definition) is 3. The molecule has 1 N–H and O–H groups in total. The lowest BCUT2D eigenvalue weighted by Crippen LogP contribution is -2.24.